The van der Waals surface area contributed by atoms with Crippen molar-refractivity contribution in [2.45, 2.75) is 40.0 Å². The van der Waals surface area contributed by atoms with Crippen molar-refractivity contribution in [1.82, 2.24) is 4.90 Å². The molecular formula is C18H27NO. The van der Waals surface area contributed by atoms with E-state index in [1.165, 1.54) is 12.0 Å². The van der Waals surface area contributed by atoms with Crippen LogP contribution in [0.25, 0.3) is 0 Å². The van der Waals surface area contributed by atoms with E-state index >= 15 is 0 Å². The standard InChI is InChI=1S/C18H27NO/c1-13(2)15-5-7-16(8-6-15)18(20)12-19-10-9-17(11-19)14(3)4/h5-8,13-14,17H,9-12H2,1-4H3. The molecule has 0 aromatic heterocycles. The average Bonchev–Trinajstić information content (AvgIpc) is 2.87. The predicted octanol–water partition coefficient (Wildman–Crippen LogP) is 3.97. The van der Waals surface area contributed by atoms with E-state index in [0.29, 0.717) is 12.5 Å². The Bertz CT molecular complexity index is 447. The number of Topliss-reactive ketones (excluding diaryl/α,β-unsaturated/α-hetero) is 1. The molecule has 20 heavy (non-hydrogen) atoms. The van der Waals surface area contributed by atoms with Crippen molar-refractivity contribution in [1.29, 1.82) is 0 Å². The Labute approximate surface area is 123 Å². The van der Waals surface area contributed by atoms with E-state index in [1.54, 1.807) is 0 Å². The van der Waals surface area contributed by atoms with Crippen molar-refractivity contribution in [2.75, 3.05) is 19.6 Å². The summed E-state index contributed by atoms with van der Waals surface area (Å²) in [4.78, 5) is 14.6. The number of hydrogen-bond acceptors (Lipinski definition) is 2. The first-order chi connectivity index (χ1) is 9.47. The van der Waals surface area contributed by atoms with Gasteiger partial charge in [0.15, 0.2) is 5.78 Å². The fourth-order valence-electron chi connectivity index (χ4n) is 2.90. The summed E-state index contributed by atoms with van der Waals surface area (Å²) in [5.74, 6) is 2.25. The number of hydrogen-bond donors (Lipinski definition) is 0. The van der Waals surface area contributed by atoms with Crippen LogP contribution in [0.2, 0.25) is 0 Å². The van der Waals surface area contributed by atoms with Gasteiger partial charge in [-0.3, -0.25) is 9.69 Å². The largest absolute Gasteiger partial charge is 0.296 e. The molecule has 0 aliphatic carbocycles. The average molecular weight is 273 g/mol. The molecule has 0 amide bonds. The second-order valence-corrected chi connectivity index (χ2v) is 6.73. The van der Waals surface area contributed by atoms with E-state index in [1.807, 2.05) is 12.1 Å². The molecule has 1 atom stereocenters. The minimum absolute atomic E-state index is 0.254. The van der Waals surface area contributed by atoms with Gasteiger partial charge in [0.05, 0.1) is 6.54 Å². The highest BCUT2D eigenvalue weighted by Crippen LogP contribution is 2.23. The summed E-state index contributed by atoms with van der Waals surface area (Å²) in [6.45, 7) is 11.6. The lowest BCUT2D eigenvalue weighted by Crippen LogP contribution is -2.28. The van der Waals surface area contributed by atoms with Gasteiger partial charge >= 0.3 is 0 Å². The van der Waals surface area contributed by atoms with Crippen LogP contribution in [0.3, 0.4) is 0 Å². The summed E-state index contributed by atoms with van der Waals surface area (Å²) in [7, 11) is 0. The zero-order chi connectivity index (χ0) is 14.7. The molecule has 2 heteroatoms. The SMILES string of the molecule is CC(C)c1ccc(C(=O)CN2CCC(C(C)C)C2)cc1. The van der Waals surface area contributed by atoms with E-state index in [2.05, 4.69) is 44.7 Å². The topological polar surface area (TPSA) is 20.3 Å². The summed E-state index contributed by atoms with van der Waals surface area (Å²) in [5.41, 5.74) is 2.14. The summed E-state index contributed by atoms with van der Waals surface area (Å²) in [6, 6.07) is 8.12. The molecule has 2 nitrogen and oxygen atoms in total. The second kappa shape index (κ2) is 6.53. The third kappa shape index (κ3) is 3.69. The van der Waals surface area contributed by atoms with Crippen molar-refractivity contribution in [3.05, 3.63) is 35.4 Å². The molecular weight excluding hydrogens is 246 g/mol. The summed E-state index contributed by atoms with van der Waals surface area (Å²) in [5, 5.41) is 0. The number of benzene rings is 1. The number of carbonyl (C=O) groups excluding carboxylic acids is 1. The molecule has 1 unspecified atom stereocenters. The first kappa shape index (κ1) is 15.2. The molecule has 1 aromatic carbocycles. The lowest BCUT2D eigenvalue weighted by Gasteiger charge is -2.17. The number of nitrogens with zero attached hydrogens (tertiary/aromatic N) is 1. The van der Waals surface area contributed by atoms with Gasteiger partial charge in [0.25, 0.3) is 0 Å². The maximum Gasteiger partial charge on any atom is 0.176 e. The van der Waals surface area contributed by atoms with Crippen LogP contribution in [0.15, 0.2) is 24.3 Å². The molecule has 0 spiro atoms. The molecule has 1 aromatic rings. The molecule has 1 aliphatic rings. The third-order valence-electron chi connectivity index (χ3n) is 4.52. The quantitative estimate of drug-likeness (QED) is 0.757. The summed E-state index contributed by atoms with van der Waals surface area (Å²) >= 11 is 0. The third-order valence-corrected chi connectivity index (χ3v) is 4.52. The van der Waals surface area contributed by atoms with E-state index < -0.39 is 0 Å². The van der Waals surface area contributed by atoms with Crippen LogP contribution in [-0.4, -0.2) is 30.3 Å². The number of carbonyl (C=O) groups is 1. The zero-order valence-corrected chi connectivity index (χ0v) is 13.2. The predicted molar refractivity (Wildman–Crippen MR) is 84.2 cm³/mol. The van der Waals surface area contributed by atoms with Gasteiger partial charge in [0.1, 0.15) is 0 Å². The molecule has 0 N–H and O–H groups in total. The minimum Gasteiger partial charge on any atom is -0.296 e. The Morgan fingerprint density at radius 2 is 1.85 bits per heavy atom. The highest BCUT2D eigenvalue weighted by molar-refractivity contribution is 5.97. The van der Waals surface area contributed by atoms with Crippen molar-refractivity contribution < 1.29 is 4.79 Å². The van der Waals surface area contributed by atoms with Crippen molar-refractivity contribution in [3.63, 3.8) is 0 Å². The normalized spacial score (nSPS) is 20.0. The maximum atomic E-state index is 12.3. The molecule has 0 bridgehead atoms. The van der Waals surface area contributed by atoms with Crippen LogP contribution in [0.1, 0.15) is 56.0 Å². The molecule has 1 aliphatic heterocycles. The number of ketones is 1. The Kier molecular flexibility index (Phi) is 4.98. The summed E-state index contributed by atoms with van der Waals surface area (Å²) in [6.07, 6.45) is 1.23. The highest BCUT2D eigenvalue weighted by atomic mass is 16.1. The van der Waals surface area contributed by atoms with Crippen LogP contribution < -0.4 is 0 Å². The van der Waals surface area contributed by atoms with Gasteiger partial charge in [-0.1, -0.05) is 52.0 Å². The van der Waals surface area contributed by atoms with Crippen LogP contribution in [0.4, 0.5) is 0 Å². The number of rotatable bonds is 5. The Morgan fingerprint density at radius 1 is 1.20 bits per heavy atom. The molecule has 110 valence electrons. The van der Waals surface area contributed by atoms with Crippen molar-refractivity contribution in [3.8, 4) is 0 Å². The van der Waals surface area contributed by atoms with Crippen molar-refractivity contribution in [2.24, 2.45) is 11.8 Å². The molecule has 1 fully saturated rings. The van der Waals surface area contributed by atoms with Gasteiger partial charge in [-0.25, -0.2) is 0 Å². The van der Waals surface area contributed by atoms with Crippen LogP contribution >= 0.6 is 0 Å². The molecule has 0 radical (unpaired) electrons. The first-order valence-corrected chi connectivity index (χ1v) is 7.83. The lowest BCUT2D eigenvalue weighted by molar-refractivity contribution is 0.0942. The molecule has 1 saturated heterocycles. The molecule has 2 rings (SSSR count). The van der Waals surface area contributed by atoms with E-state index in [0.717, 1.165) is 30.5 Å². The Balaban J connectivity index is 1.92. The van der Waals surface area contributed by atoms with Crippen LogP contribution in [-0.2, 0) is 0 Å². The molecule has 1 heterocycles. The maximum absolute atomic E-state index is 12.3. The molecule has 0 saturated carbocycles. The zero-order valence-electron chi connectivity index (χ0n) is 13.2. The van der Waals surface area contributed by atoms with E-state index in [4.69, 9.17) is 0 Å². The Hall–Kier alpha value is -1.15. The second-order valence-electron chi connectivity index (χ2n) is 6.73. The monoisotopic (exact) mass is 273 g/mol. The first-order valence-electron chi connectivity index (χ1n) is 7.83. The lowest BCUT2D eigenvalue weighted by atomic mass is 9.95. The van der Waals surface area contributed by atoms with Gasteiger partial charge in [0.2, 0.25) is 0 Å². The van der Waals surface area contributed by atoms with Crippen LogP contribution in [0.5, 0.6) is 0 Å². The smallest absolute Gasteiger partial charge is 0.176 e. The minimum atomic E-state index is 0.254. The van der Waals surface area contributed by atoms with Crippen molar-refractivity contribution >= 4 is 5.78 Å². The van der Waals surface area contributed by atoms with Gasteiger partial charge in [0, 0.05) is 12.1 Å². The van der Waals surface area contributed by atoms with Crippen LogP contribution in [0, 0.1) is 11.8 Å². The van der Waals surface area contributed by atoms with Gasteiger partial charge in [-0.2, -0.15) is 0 Å². The van der Waals surface area contributed by atoms with Gasteiger partial charge < -0.3 is 0 Å². The number of likely N-dealkylation sites (tertiary alicyclic amines) is 1. The highest BCUT2D eigenvalue weighted by Gasteiger charge is 2.26. The Morgan fingerprint density at radius 3 is 2.35 bits per heavy atom. The van der Waals surface area contributed by atoms with E-state index in [9.17, 15) is 4.79 Å². The van der Waals surface area contributed by atoms with E-state index in [-0.39, 0.29) is 5.78 Å². The fraction of sp³-hybridized carbons (Fsp3) is 0.611. The summed E-state index contributed by atoms with van der Waals surface area (Å²) < 4.78 is 0. The van der Waals surface area contributed by atoms with Gasteiger partial charge in [-0.15, -0.1) is 0 Å². The van der Waals surface area contributed by atoms with Gasteiger partial charge in [-0.05, 0) is 36.3 Å². The fourth-order valence-corrected chi connectivity index (χ4v) is 2.90.